The molecule has 2 aliphatic heterocycles. The summed E-state index contributed by atoms with van der Waals surface area (Å²) in [6.45, 7) is 2.93. The monoisotopic (exact) mass is 337 g/mol. The number of nitrogens with one attached hydrogen (secondary N) is 1. The van der Waals surface area contributed by atoms with Crippen LogP contribution in [0.1, 0.15) is 12.5 Å². The highest BCUT2D eigenvalue weighted by Crippen LogP contribution is 2.34. The fourth-order valence-corrected chi connectivity index (χ4v) is 3.07. The predicted octanol–water partition coefficient (Wildman–Crippen LogP) is 0.512. The normalized spacial score (nSPS) is 23.2. The molecule has 2 fully saturated rings. The minimum Gasteiger partial charge on any atom is -0.443 e. The molecule has 1 aromatic rings. The second kappa shape index (κ2) is 5.94. The molecule has 2 amide bonds. The number of ether oxygens (including phenoxy) is 2. The fraction of sp³-hybridized carbons (Fsp3) is 0.500. The third-order valence-electron chi connectivity index (χ3n) is 4.91. The van der Waals surface area contributed by atoms with Crippen LogP contribution in [-0.4, -0.2) is 51.0 Å². The molecule has 3 rings (SSSR count). The summed E-state index contributed by atoms with van der Waals surface area (Å²) in [6, 6.07) is 4.55. The van der Waals surface area contributed by atoms with Crippen LogP contribution in [0.2, 0.25) is 0 Å². The van der Waals surface area contributed by atoms with Gasteiger partial charge in [-0.25, -0.2) is 9.18 Å². The van der Waals surface area contributed by atoms with E-state index in [9.17, 15) is 14.0 Å². The second-order valence-corrected chi connectivity index (χ2v) is 6.27. The van der Waals surface area contributed by atoms with Gasteiger partial charge < -0.3 is 25.4 Å². The van der Waals surface area contributed by atoms with Gasteiger partial charge in [-0.1, -0.05) is 6.07 Å². The lowest BCUT2D eigenvalue weighted by Gasteiger charge is -2.40. The lowest BCUT2D eigenvalue weighted by molar-refractivity contribution is -0.126. The van der Waals surface area contributed by atoms with Gasteiger partial charge in [0, 0.05) is 20.2 Å². The van der Waals surface area contributed by atoms with E-state index in [1.165, 1.54) is 6.07 Å². The molecule has 130 valence electrons. The minimum atomic E-state index is -1.32. The number of hydrogen-bond acceptors (Lipinski definition) is 5. The van der Waals surface area contributed by atoms with E-state index in [1.54, 1.807) is 26.2 Å². The molecule has 2 heterocycles. The first-order chi connectivity index (χ1) is 11.4. The van der Waals surface area contributed by atoms with E-state index in [0.29, 0.717) is 24.3 Å². The van der Waals surface area contributed by atoms with Gasteiger partial charge >= 0.3 is 6.09 Å². The largest absolute Gasteiger partial charge is 0.443 e. The Balaban J connectivity index is 1.88. The molecule has 1 aromatic carbocycles. The number of nitrogens with two attached hydrogens (primary N) is 1. The van der Waals surface area contributed by atoms with Crippen molar-refractivity contribution in [2.24, 2.45) is 5.73 Å². The molecular formula is C16H20FN3O4. The van der Waals surface area contributed by atoms with Crippen molar-refractivity contribution in [1.82, 2.24) is 5.32 Å². The van der Waals surface area contributed by atoms with Crippen LogP contribution in [0.15, 0.2) is 18.2 Å². The number of rotatable bonds is 5. The topological polar surface area (TPSA) is 93.9 Å². The highest BCUT2D eigenvalue weighted by atomic mass is 19.1. The molecule has 0 saturated carbocycles. The lowest BCUT2D eigenvalue weighted by Crippen LogP contribution is -2.52. The maximum Gasteiger partial charge on any atom is 0.407 e. The summed E-state index contributed by atoms with van der Waals surface area (Å²) in [5.41, 5.74) is 5.05. The molecule has 2 atom stereocenters. The number of amides is 2. The summed E-state index contributed by atoms with van der Waals surface area (Å²) in [6.07, 6.45) is -1.30. The predicted molar refractivity (Wildman–Crippen MR) is 84.2 cm³/mol. The van der Waals surface area contributed by atoms with Crippen LogP contribution in [0, 0.1) is 5.82 Å². The number of anilines is 1. The molecule has 24 heavy (non-hydrogen) atoms. The average molecular weight is 337 g/mol. The van der Waals surface area contributed by atoms with Crippen molar-refractivity contribution in [1.29, 1.82) is 0 Å². The molecule has 2 saturated heterocycles. The molecule has 8 heteroatoms. The molecule has 0 aromatic heterocycles. The van der Waals surface area contributed by atoms with Gasteiger partial charge in [0.1, 0.15) is 17.3 Å². The second-order valence-electron chi connectivity index (χ2n) is 6.27. The standard InChI is InChI=1S/C16H20FN3O4/c1-16(14(18)21,13-6-19-15(22)24-13)9-3-4-12(11(17)5-9)20-7-10(8-20)23-2/h3-5,10,13H,6-8H2,1-2H3,(H2,18,21)(H,19,22). The highest BCUT2D eigenvalue weighted by molar-refractivity contribution is 5.88. The van der Waals surface area contributed by atoms with Crippen molar-refractivity contribution in [3.8, 4) is 0 Å². The molecule has 0 radical (unpaired) electrons. The molecule has 2 aliphatic rings. The van der Waals surface area contributed by atoms with Crippen molar-refractivity contribution < 1.29 is 23.5 Å². The smallest absolute Gasteiger partial charge is 0.407 e. The molecule has 2 unspecified atom stereocenters. The van der Waals surface area contributed by atoms with E-state index in [0.717, 1.165) is 0 Å². The number of cyclic esters (lactones) is 1. The van der Waals surface area contributed by atoms with Crippen molar-refractivity contribution in [2.45, 2.75) is 24.5 Å². The Labute approximate surface area is 138 Å². The Morgan fingerprint density at radius 2 is 2.21 bits per heavy atom. The summed E-state index contributed by atoms with van der Waals surface area (Å²) >= 11 is 0. The number of benzene rings is 1. The van der Waals surface area contributed by atoms with Gasteiger partial charge in [-0.15, -0.1) is 0 Å². The first kappa shape index (κ1) is 16.5. The first-order valence-electron chi connectivity index (χ1n) is 7.68. The Morgan fingerprint density at radius 3 is 2.71 bits per heavy atom. The number of nitrogens with zero attached hydrogens (tertiary/aromatic N) is 1. The zero-order valence-corrected chi connectivity index (χ0v) is 13.5. The number of methoxy groups -OCH3 is 1. The maximum absolute atomic E-state index is 14.6. The van der Waals surface area contributed by atoms with E-state index in [2.05, 4.69) is 5.32 Å². The van der Waals surface area contributed by atoms with E-state index in [4.69, 9.17) is 15.2 Å². The highest BCUT2D eigenvalue weighted by Gasteiger charge is 2.47. The molecule has 3 N–H and O–H groups in total. The van der Waals surface area contributed by atoms with Gasteiger partial charge in [0.2, 0.25) is 5.91 Å². The van der Waals surface area contributed by atoms with Crippen LogP contribution in [0.25, 0.3) is 0 Å². The third-order valence-corrected chi connectivity index (χ3v) is 4.91. The van der Waals surface area contributed by atoms with Gasteiger partial charge in [-0.2, -0.15) is 0 Å². The quantitative estimate of drug-likeness (QED) is 0.817. The van der Waals surface area contributed by atoms with E-state index >= 15 is 0 Å². The Kier molecular flexibility index (Phi) is 4.08. The van der Waals surface area contributed by atoms with Crippen molar-refractivity contribution in [3.05, 3.63) is 29.6 Å². The number of primary amides is 1. The third kappa shape index (κ3) is 2.56. The Morgan fingerprint density at radius 1 is 1.50 bits per heavy atom. The van der Waals surface area contributed by atoms with Gasteiger partial charge in [-0.3, -0.25) is 4.79 Å². The van der Waals surface area contributed by atoms with Crippen LogP contribution in [-0.2, 0) is 19.7 Å². The Hall–Kier alpha value is -2.35. The summed E-state index contributed by atoms with van der Waals surface area (Å²) in [7, 11) is 1.62. The summed E-state index contributed by atoms with van der Waals surface area (Å²) in [5.74, 6) is -1.13. The van der Waals surface area contributed by atoms with Crippen LogP contribution >= 0.6 is 0 Å². The fourth-order valence-electron chi connectivity index (χ4n) is 3.07. The van der Waals surface area contributed by atoms with Crippen molar-refractivity contribution in [3.63, 3.8) is 0 Å². The van der Waals surface area contributed by atoms with Gasteiger partial charge in [0.15, 0.2) is 0 Å². The minimum absolute atomic E-state index is 0.101. The molecule has 7 nitrogen and oxygen atoms in total. The van der Waals surface area contributed by atoms with Crippen LogP contribution in [0.5, 0.6) is 0 Å². The van der Waals surface area contributed by atoms with Crippen LogP contribution < -0.4 is 16.0 Å². The zero-order valence-electron chi connectivity index (χ0n) is 13.5. The van der Waals surface area contributed by atoms with Crippen molar-refractivity contribution in [2.75, 3.05) is 31.6 Å². The SMILES string of the molecule is COC1CN(c2ccc(C(C)(C(N)=O)C3CNC(=O)O3)cc2F)C1. The van der Waals surface area contributed by atoms with E-state index < -0.39 is 29.3 Å². The zero-order chi connectivity index (χ0) is 17.5. The number of halogens is 1. The average Bonchev–Trinajstić information content (AvgIpc) is 2.93. The number of alkyl carbamates (subject to hydrolysis) is 1. The lowest BCUT2D eigenvalue weighted by atomic mass is 9.76. The summed E-state index contributed by atoms with van der Waals surface area (Å²) in [5, 5.41) is 2.49. The van der Waals surface area contributed by atoms with Gasteiger partial charge in [0.25, 0.3) is 0 Å². The van der Waals surface area contributed by atoms with Gasteiger partial charge in [0.05, 0.1) is 18.3 Å². The number of carbonyl (C=O) groups is 2. The molecule has 0 bridgehead atoms. The molecular weight excluding hydrogens is 317 g/mol. The molecule has 0 aliphatic carbocycles. The maximum atomic E-state index is 14.6. The van der Waals surface area contributed by atoms with Crippen molar-refractivity contribution >= 4 is 17.7 Å². The summed E-state index contributed by atoms with van der Waals surface area (Å²) < 4.78 is 24.9. The number of carbonyl (C=O) groups excluding carboxylic acids is 2. The summed E-state index contributed by atoms with van der Waals surface area (Å²) in [4.78, 5) is 25.2. The van der Waals surface area contributed by atoms with Gasteiger partial charge in [-0.05, 0) is 24.6 Å². The van der Waals surface area contributed by atoms with E-state index in [1.807, 2.05) is 4.90 Å². The van der Waals surface area contributed by atoms with Crippen LogP contribution in [0.3, 0.4) is 0 Å². The molecule has 0 spiro atoms. The Bertz CT molecular complexity index is 677. The van der Waals surface area contributed by atoms with Crippen LogP contribution in [0.4, 0.5) is 14.9 Å². The van der Waals surface area contributed by atoms with E-state index in [-0.39, 0.29) is 12.6 Å². The first-order valence-corrected chi connectivity index (χ1v) is 7.68. The number of hydrogen-bond donors (Lipinski definition) is 2.